The number of hydrogen-bond acceptors (Lipinski definition) is 5. The van der Waals surface area contributed by atoms with Crippen LogP contribution >= 0.6 is 7.82 Å². The fraction of sp³-hybridized carbons (Fsp3) is 0.625. The molecule has 0 radical (unpaired) electrons. The van der Waals surface area contributed by atoms with Crippen molar-refractivity contribution < 1.29 is 27.7 Å². The predicted molar refractivity (Wildman–Crippen MR) is 52.6 cm³/mol. The Kier molecular flexibility index (Phi) is 4.09. The standard InChI is InChI=1S/C8H13O7P/c1-5(2)3-6-7(15-8(9)14-6)4-13-16(10,11)12/h5H,3-4H2,1-2H3,(H2,10,11,12). The first-order chi connectivity index (χ1) is 7.28. The summed E-state index contributed by atoms with van der Waals surface area (Å²) in [5.41, 5.74) is 0. The van der Waals surface area contributed by atoms with Gasteiger partial charge in [0.1, 0.15) is 6.61 Å². The van der Waals surface area contributed by atoms with Gasteiger partial charge in [0.2, 0.25) is 0 Å². The maximum absolute atomic E-state index is 10.8. The molecule has 1 rings (SSSR count). The molecule has 1 heterocycles. The molecule has 0 bridgehead atoms. The molecule has 0 fully saturated rings. The van der Waals surface area contributed by atoms with Gasteiger partial charge in [0.15, 0.2) is 11.5 Å². The summed E-state index contributed by atoms with van der Waals surface area (Å²) < 4.78 is 24.0. The second-order valence-electron chi connectivity index (χ2n) is 3.66. The van der Waals surface area contributed by atoms with Gasteiger partial charge in [-0.1, -0.05) is 13.8 Å². The van der Waals surface area contributed by atoms with E-state index in [1.54, 1.807) is 0 Å². The van der Waals surface area contributed by atoms with Crippen LogP contribution in [0.4, 0.5) is 0 Å². The lowest BCUT2D eigenvalue weighted by atomic mass is 10.1. The molecule has 0 spiro atoms. The van der Waals surface area contributed by atoms with Crippen LogP contribution in [0.25, 0.3) is 0 Å². The minimum absolute atomic E-state index is 0.0158. The molecule has 0 atom stereocenters. The average Bonchev–Trinajstić information content (AvgIpc) is 2.40. The zero-order valence-electron chi connectivity index (χ0n) is 8.87. The van der Waals surface area contributed by atoms with Gasteiger partial charge in [-0.2, -0.15) is 0 Å². The van der Waals surface area contributed by atoms with Gasteiger partial charge in [0, 0.05) is 6.42 Å². The van der Waals surface area contributed by atoms with E-state index in [4.69, 9.17) is 14.2 Å². The Morgan fingerprint density at radius 2 is 1.88 bits per heavy atom. The third-order valence-electron chi connectivity index (χ3n) is 1.68. The quantitative estimate of drug-likeness (QED) is 0.753. The van der Waals surface area contributed by atoms with E-state index in [0.29, 0.717) is 6.42 Å². The molecule has 92 valence electrons. The van der Waals surface area contributed by atoms with Crippen molar-refractivity contribution >= 4 is 7.82 Å². The van der Waals surface area contributed by atoms with Crippen molar-refractivity contribution in [1.29, 1.82) is 0 Å². The molecular formula is C8H13O7P. The second kappa shape index (κ2) is 4.97. The van der Waals surface area contributed by atoms with E-state index in [9.17, 15) is 9.36 Å². The maximum Gasteiger partial charge on any atom is 0.519 e. The normalized spacial score (nSPS) is 12.3. The van der Waals surface area contributed by atoms with Crippen LogP contribution in [0.1, 0.15) is 25.4 Å². The minimum Gasteiger partial charge on any atom is -0.396 e. The summed E-state index contributed by atoms with van der Waals surface area (Å²) in [7, 11) is -4.58. The first-order valence-corrected chi connectivity index (χ1v) is 6.12. The highest BCUT2D eigenvalue weighted by Gasteiger charge is 2.20. The fourth-order valence-corrected chi connectivity index (χ4v) is 1.40. The molecule has 1 aromatic rings. The van der Waals surface area contributed by atoms with E-state index in [0.717, 1.165) is 0 Å². The summed E-state index contributed by atoms with van der Waals surface area (Å²) in [6.07, 6.45) is 0.436. The molecule has 8 heteroatoms. The van der Waals surface area contributed by atoms with Crippen LogP contribution in [0.3, 0.4) is 0 Å². The Balaban J connectivity index is 2.79. The van der Waals surface area contributed by atoms with Crippen molar-refractivity contribution in [3.05, 3.63) is 22.1 Å². The topological polar surface area (TPSA) is 110 Å². The Labute approximate surface area is 91.3 Å². The van der Waals surface area contributed by atoms with Gasteiger partial charge in [-0.25, -0.2) is 9.36 Å². The molecule has 7 nitrogen and oxygen atoms in total. The molecule has 0 aromatic carbocycles. The molecule has 0 aliphatic carbocycles. The molecule has 0 unspecified atom stereocenters. The van der Waals surface area contributed by atoms with Crippen LogP contribution in [0.15, 0.2) is 13.6 Å². The monoisotopic (exact) mass is 252 g/mol. The average molecular weight is 252 g/mol. The molecule has 0 aliphatic rings. The zero-order chi connectivity index (χ0) is 12.3. The van der Waals surface area contributed by atoms with Crippen LogP contribution in [0.2, 0.25) is 0 Å². The third-order valence-corrected chi connectivity index (χ3v) is 2.15. The predicted octanol–water partition coefficient (Wildman–Crippen LogP) is 1.04. The van der Waals surface area contributed by atoms with E-state index < -0.39 is 20.3 Å². The van der Waals surface area contributed by atoms with Crippen molar-refractivity contribution in [2.75, 3.05) is 0 Å². The largest absolute Gasteiger partial charge is 0.519 e. The first kappa shape index (κ1) is 13.2. The fourth-order valence-electron chi connectivity index (χ4n) is 1.11. The molecular weight excluding hydrogens is 239 g/mol. The van der Waals surface area contributed by atoms with Crippen molar-refractivity contribution in [3.63, 3.8) is 0 Å². The van der Waals surface area contributed by atoms with Gasteiger partial charge in [0.25, 0.3) is 0 Å². The zero-order valence-corrected chi connectivity index (χ0v) is 9.77. The third kappa shape index (κ3) is 4.32. The molecule has 0 saturated heterocycles. The van der Waals surface area contributed by atoms with E-state index in [-0.39, 0.29) is 17.4 Å². The van der Waals surface area contributed by atoms with E-state index >= 15 is 0 Å². The van der Waals surface area contributed by atoms with Gasteiger partial charge in [-0.15, -0.1) is 0 Å². The SMILES string of the molecule is CC(C)Cc1oc(=O)oc1COP(=O)(O)O. The van der Waals surface area contributed by atoms with Crippen molar-refractivity contribution in [2.24, 2.45) is 5.92 Å². The number of hydrogen-bond donors (Lipinski definition) is 2. The number of rotatable bonds is 5. The second-order valence-corrected chi connectivity index (χ2v) is 4.90. The Morgan fingerprint density at radius 1 is 1.31 bits per heavy atom. The summed E-state index contributed by atoms with van der Waals surface area (Å²) in [6, 6.07) is 0. The summed E-state index contributed by atoms with van der Waals surface area (Å²) in [4.78, 5) is 27.8. The van der Waals surface area contributed by atoms with Gasteiger partial charge in [-0.3, -0.25) is 4.52 Å². The highest BCUT2D eigenvalue weighted by atomic mass is 31.2. The molecule has 0 saturated carbocycles. The van der Waals surface area contributed by atoms with Crippen LogP contribution < -0.4 is 5.82 Å². The molecule has 0 amide bonds. The van der Waals surface area contributed by atoms with Crippen LogP contribution in [-0.4, -0.2) is 9.79 Å². The van der Waals surface area contributed by atoms with Gasteiger partial charge >= 0.3 is 13.6 Å². The van der Waals surface area contributed by atoms with Crippen LogP contribution in [0.5, 0.6) is 0 Å². The van der Waals surface area contributed by atoms with Crippen molar-refractivity contribution in [1.82, 2.24) is 0 Å². The molecule has 1 aromatic heterocycles. The molecule has 0 aliphatic heterocycles. The summed E-state index contributed by atoms with van der Waals surface area (Å²) in [5.74, 6) is -0.412. The lowest BCUT2D eigenvalue weighted by Gasteiger charge is -2.04. The smallest absolute Gasteiger partial charge is 0.396 e. The highest BCUT2D eigenvalue weighted by molar-refractivity contribution is 7.46. The summed E-state index contributed by atoms with van der Waals surface area (Å²) >= 11 is 0. The van der Waals surface area contributed by atoms with E-state index in [1.807, 2.05) is 13.8 Å². The van der Waals surface area contributed by atoms with Gasteiger partial charge in [0.05, 0.1) is 0 Å². The Bertz CT molecular complexity index is 437. The maximum atomic E-state index is 10.8. The van der Waals surface area contributed by atoms with Crippen molar-refractivity contribution in [3.8, 4) is 0 Å². The highest BCUT2D eigenvalue weighted by Crippen LogP contribution is 2.37. The number of phosphoric ester groups is 1. The van der Waals surface area contributed by atoms with Crippen LogP contribution in [-0.2, 0) is 22.1 Å². The lowest BCUT2D eigenvalue weighted by molar-refractivity contribution is 0.173. The van der Waals surface area contributed by atoms with Gasteiger partial charge in [-0.05, 0) is 5.92 Å². The Hall–Kier alpha value is -0.880. The summed E-state index contributed by atoms with van der Waals surface area (Å²) in [6.45, 7) is 3.32. The minimum atomic E-state index is -4.58. The van der Waals surface area contributed by atoms with E-state index in [1.165, 1.54) is 0 Å². The molecule has 2 N–H and O–H groups in total. The van der Waals surface area contributed by atoms with Crippen LogP contribution in [0, 0.1) is 5.92 Å². The lowest BCUT2D eigenvalue weighted by Crippen LogP contribution is -1.98. The molecule has 16 heavy (non-hydrogen) atoms. The number of phosphoric acid groups is 1. The van der Waals surface area contributed by atoms with Gasteiger partial charge < -0.3 is 18.6 Å². The van der Waals surface area contributed by atoms with E-state index in [2.05, 4.69) is 8.94 Å². The summed E-state index contributed by atoms with van der Waals surface area (Å²) in [5, 5.41) is 0. The first-order valence-electron chi connectivity index (χ1n) is 4.59. The van der Waals surface area contributed by atoms with Crippen molar-refractivity contribution in [2.45, 2.75) is 26.9 Å². The Morgan fingerprint density at radius 3 is 2.38 bits per heavy atom.